The molecule has 3 rings (SSSR count). The van der Waals surface area contributed by atoms with Crippen molar-refractivity contribution < 1.29 is 22.7 Å². The highest BCUT2D eigenvalue weighted by Crippen LogP contribution is 2.21. The van der Waals surface area contributed by atoms with Gasteiger partial charge in [0, 0.05) is 12.6 Å². The highest BCUT2D eigenvalue weighted by atomic mass is 32.2. The second-order valence-corrected chi connectivity index (χ2v) is 8.70. The molecule has 0 spiro atoms. The number of carbonyl (C=O) groups is 1. The molecule has 0 heterocycles. The fourth-order valence-electron chi connectivity index (χ4n) is 3.19. The lowest BCUT2D eigenvalue weighted by molar-refractivity contribution is -0.123. The Morgan fingerprint density at radius 2 is 1.62 bits per heavy atom. The van der Waals surface area contributed by atoms with Crippen molar-refractivity contribution in [3.05, 3.63) is 54.1 Å². The van der Waals surface area contributed by atoms with Gasteiger partial charge in [-0.3, -0.25) is 4.79 Å². The number of methoxy groups -OCH3 is 1. The summed E-state index contributed by atoms with van der Waals surface area (Å²) in [7, 11) is -1.93. The number of nitrogens with one attached hydrogen (secondary N) is 2. The number of amides is 1. The molecule has 156 valence electrons. The Hall–Kier alpha value is -2.58. The summed E-state index contributed by atoms with van der Waals surface area (Å²) in [5.74, 6) is 0.928. The minimum atomic E-state index is -3.53. The van der Waals surface area contributed by atoms with Crippen molar-refractivity contribution >= 4 is 15.9 Å². The van der Waals surface area contributed by atoms with Crippen LogP contribution in [0.25, 0.3) is 0 Å². The molecule has 1 aliphatic rings. The van der Waals surface area contributed by atoms with Gasteiger partial charge in [-0.15, -0.1) is 0 Å². The van der Waals surface area contributed by atoms with Crippen molar-refractivity contribution in [1.29, 1.82) is 0 Å². The summed E-state index contributed by atoms with van der Waals surface area (Å²) in [6.07, 6.45) is 3.87. The van der Waals surface area contributed by atoms with Gasteiger partial charge in [0.15, 0.2) is 6.61 Å². The van der Waals surface area contributed by atoms with Gasteiger partial charge in [0.05, 0.1) is 12.0 Å². The molecule has 1 saturated carbocycles. The largest absolute Gasteiger partial charge is 0.497 e. The van der Waals surface area contributed by atoms with E-state index in [4.69, 9.17) is 9.47 Å². The first-order chi connectivity index (χ1) is 14.0. The predicted octanol–water partition coefficient (Wildman–Crippen LogP) is 2.61. The number of hydrogen-bond acceptors (Lipinski definition) is 5. The first-order valence-corrected chi connectivity index (χ1v) is 11.1. The molecule has 1 amide bonds. The Kier molecular flexibility index (Phi) is 7.11. The molecule has 29 heavy (non-hydrogen) atoms. The SMILES string of the molecule is COc1ccc(CNC(=O)COc2ccc(S(=O)(=O)NC3CCCC3)cc2)cc1. The van der Waals surface area contributed by atoms with Crippen LogP contribution < -0.4 is 19.5 Å². The van der Waals surface area contributed by atoms with Crippen molar-refractivity contribution in [3.8, 4) is 11.5 Å². The Morgan fingerprint density at radius 3 is 2.24 bits per heavy atom. The van der Waals surface area contributed by atoms with E-state index >= 15 is 0 Å². The Labute approximate surface area is 171 Å². The van der Waals surface area contributed by atoms with Gasteiger partial charge in [0.25, 0.3) is 5.91 Å². The number of rotatable bonds is 9. The summed E-state index contributed by atoms with van der Waals surface area (Å²) in [4.78, 5) is 12.2. The molecule has 2 aromatic carbocycles. The lowest BCUT2D eigenvalue weighted by Gasteiger charge is -2.13. The van der Waals surface area contributed by atoms with Gasteiger partial charge < -0.3 is 14.8 Å². The highest BCUT2D eigenvalue weighted by Gasteiger charge is 2.22. The number of ether oxygens (including phenoxy) is 2. The molecule has 8 heteroatoms. The van der Waals surface area contributed by atoms with Gasteiger partial charge in [-0.1, -0.05) is 25.0 Å². The van der Waals surface area contributed by atoms with E-state index in [-0.39, 0.29) is 23.5 Å². The molecule has 2 aromatic rings. The summed E-state index contributed by atoms with van der Waals surface area (Å²) in [5.41, 5.74) is 0.948. The van der Waals surface area contributed by atoms with Crippen LogP contribution in [-0.2, 0) is 21.4 Å². The summed E-state index contributed by atoms with van der Waals surface area (Å²) in [6, 6.07) is 13.5. The van der Waals surface area contributed by atoms with Gasteiger partial charge in [-0.05, 0) is 54.8 Å². The summed E-state index contributed by atoms with van der Waals surface area (Å²) in [6.45, 7) is 0.235. The normalized spacial score (nSPS) is 14.5. The van der Waals surface area contributed by atoms with Crippen LogP contribution >= 0.6 is 0 Å². The predicted molar refractivity (Wildman–Crippen MR) is 109 cm³/mol. The molecule has 0 atom stereocenters. The zero-order valence-corrected chi connectivity index (χ0v) is 17.2. The van der Waals surface area contributed by atoms with Crippen LogP contribution in [-0.4, -0.2) is 34.1 Å². The van der Waals surface area contributed by atoms with Crippen LogP contribution in [0.5, 0.6) is 11.5 Å². The van der Waals surface area contributed by atoms with Crippen LogP contribution in [0, 0.1) is 0 Å². The first kappa shape index (κ1) is 21.1. The van der Waals surface area contributed by atoms with E-state index in [1.807, 2.05) is 24.3 Å². The number of hydrogen-bond donors (Lipinski definition) is 2. The summed E-state index contributed by atoms with van der Waals surface area (Å²) in [5, 5.41) is 2.77. The van der Waals surface area contributed by atoms with E-state index in [0.717, 1.165) is 37.0 Å². The average molecular weight is 419 g/mol. The number of sulfonamides is 1. The second kappa shape index (κ2) is 9.76. The maximum atomic E-state index is 12.4. The maximum absolute atomic E-state index is 12.4. The molecule has 7 nitrogen and oxygen atoms in total. The zero-order chi connectivity index (χ0) is 20.7. The highest BCUT2D eigenvalue weighted by molar-refractivity contribution is 7.89. The Morgan fingerprint density at radius 1 is 1.00 bits per heavy atom. The molecule has 1 aliphatic carbocycles. The van der Waals surface area contributed by atoms with E-state index in [9.17, 15) is 13.2 Å². The minimum Gasteiger partial charge on any atom is -0.497 e. The first-order valence-electron chi connectivity index (χ1n) is 9.61. The van der Waals surface area contributed by atoms with Gasteiger partial charge in [0.1, 0.15) is 11.5 Å². The fraction of sp³-hybridized carbons (Fsp3) is 0.381. The molecule has 0 aromatic heterocycles. The lowest BCUT2D eigenvalue weighted by atomic mass is 10.2. The van der Waals surface area contributed by atoms with Crippen molar-refractivity contribution in [1.82, 2.24) is 10.0 Å². The molecule has 0 saturated heterocycles. The molecule has 2 N–H and O–H groups in total. The van der Waals surface area contributed by atoms with Crippen molar-refractivity contribution in [2.45, 2.75) is 43.2 Å². The Bertz CT molecular complexity index is 905. The van der Waals surface area contributed by atoms with Crippen LogP contribution in [0.4, 0.5) is 0 Å². The summed E-state index contributed by atoms with van der Waals surface area (Å²) >= 11 is 0. The van der Waals surface area contributed by atoms with Gasteiger partial charge in [0.2, 0.25) is 10.0 Å². The molecular formula is C21H26N2O5S. The monoisotopic (exact) mass is 418 g/mol. The lowest BCUT2D eigenvalue weighted by Crippen LogP contribution is -2.32. The van der Waals surface area contributed by atoms with E-state index in [1.165, 1.54) is 12.1 Å². The number of carbonyl (C=O) groups excluding carboxylic acids is 1. The molecule has 0 bridgehead atoms. The van der Waals surface area contributed by atoms with Crippen molar-refractivity contribution in [3.63, 3.8) is 0 Å². The van der Waals surface area contributed by atoms with E-state index in [2.05, 4.69) is 10.0 Å². The van der Waals surface area contributed by atoms with Gasteiger partial charge >= 0.3 is 0 Å². The molecule has 0 unspecified atom stereocenters. The van der Waals surface area contributed by atoms with Crippen LogP contribution in [0.15, 0.2) is 53.4 Å². The molecule has 0 aliphatic heterocycles. The number of benzene rings is 2. The van der Waals surface area contributed by atoms with Crippen molar-refractivity contribution in [2.75, 3.05) is 13.7 Å². The van der Waals surface area contributed by atoms with Crippen LogP contribution in [0.2, 0.25) is 0 Å². The molecule has 1 fully saturated rings. The third-order valence-corrected chi connectivity index (χ3v) is 6.37. The van der Waals surface area contributed by atoms with Gasteiger partial charge in [-0.2, -0.15) is 0 Å². The standard InChI is InChI=1S/C21H26N2O5S/c1-27-18-8-6-16(7-9-18)14-22-21(24)15-28-19-10-12-20(13-11-19)29(25,26)23-17-4-2-3-5-17/h6-13,17,23H,2-5,14-15H2,1H3,(H,22,24). The van der Waals surface area contributed by atoms with Crippen LogP contribution in [0.3, 0.4) is 0 Å². The smallest absolute Gasteiger partial charge is 0.258 e. The van der Waals surface area contributed by atoms with Crippen molar-refractivity contribution in [2.24, 2.45) is 0 Å². The molecule has 0 radical (unpaired) electrons. The maximum Gasteiger partial charge on any atom is 0.258 e. The van der Waals surface area contributed by atoms with E-state index < -0.39 is 10.0 Å². The topological polar surface area (TPSA) is 93.7 Å². The van der Waals surface area contributed by atoms with Crippen LogP contribution in [0.1, 0.15) is 31.2 Å². The van der Waals surface area contributed by atoms with Gasteiger partial charge in [-0.25, -0.2) is 13.1 Å². The Balaban J connectivity index is 1.45. The summed E-state index contributed by atoms with van der Waals surface area (Å²) < 4.78 is 38.1. The zero-order valence-electron chi connectivity index (χ0n) is 16.4. The fourth-order valence-corrected chi connectivity index (χ4v) is 4.50. The average Bonchev–Trinajstić information content (AvgIpc) is 3.23. The third-order valence-electron chi connectivity index (χ3n) is 4.83. The van der Waals surface area contributed by atoms with E-state index in [1.54, 1.807) is 19.2 Å². The quantitative estimate of drug-likeness (QED) is 0.653. The molecular weight excluding hydrogens is 392 g/mol. The second-order valence-electron chi connectivity index (χ2n) is 6.99. The third kappa shape index (κ3) is 6.20. The van der Waals surface area contributed by atoms with E-state index in [0.29, 0.717) is 12.3 Å². The minimum absolute atomic E-state index is 0.0188.